The molecule has 0 amide bonds. The first-order valence-corrected chi connectivity index (χ1v) is 7.30. The van der Waals surface area contributed by atoms with Crippen LogP contribution in [0.15, 0.2) is 17.8 Å². The molecule has 1 saturated carbocycles. The lowest BCUT2D eigenvalue weighted by molar-refractivity contribution is 0.384. The Morgan fingerprint density at radius 2 is 2.06 bits per heavy atom. The molecule has 4 nitrogen and oxygen atoms in total. The summed E-state index contributed by atoms with van der Waals surface area (Å²) in [6, 6.07) is 3.06. The van der Waals surface area contributed by atoms with Gasteiger partial charge in [-0.2, -0.15) is 0 Å². The first-order chi connectivity index (χ1) is 8.75. The van der Waals surface area contributed by atoms with Gasteiger partial charge in [0, 0.05) is 19.1 Å². The van der Waals surface area contributed by atoms with Crippen LogP contribution in [0.3, 0.4) is 0 Å². The number of hydrogen-bond acceptors (Lipinski definition) is 5. The maximum absolute atomic E-state index is 5.97. The lowest BCUT2D eigenvalue weighted by Gasteiger charge is -2.34. The van der Waals surface area contributed by atoms with Crippen molar-refractivity contribution < 1.29 is 0 Å². The first-order valence-electron chi connectivity index (χ1n) is 6.42. The first kappa shape index (κ1) is 11.9. The minimum absolute atomic E-state index is 0.390. The van der Waals surface area contributed by atoms with Gasteiger partial charge >= 0.3 is 0 Å². The fourth-order valence-corrected chi connectivity index (χ4v) is 3.45. The molecule has 0 saturated heterocycles. The minimum Gasteiger partial charge on any atom is -0.356 e. The summed E-state index contributed by atoms with van der Waals surface area (Å²) in [7, 11) is 2.14. The average molecular weight is 262 g/mol. The van der Waals surface area contributed by atoms with Crippen molar-refractivity contribution in [3.05, 3.63) is 17.8 Å². The van der Waals surface area contributed by atoms with E-state index in [1.165, 1.54) is 5.39 Å². The van der Waals surface area contributed by atoms with E-state index in [2.05, 4.69) is 33.4 Å². The molecule has 2 aromatic heterocycles. The molecule has 0 bridgehead atoms. The summed E-state index contributed by atoms with van der Waals surface area (Å²) in [6.07, 6.45) is 6.22. The standard InChI is InChI=1S/C13H18N4S/c1-17(10-4-2-9(14)3-5-10)12-11-6-7-18-13(11)16-8-15-12/h6-10H,2-5,14H2,1H3. The second kappa shape index (κ2) is 4.82. The maximum atomic E-state index is 5.97. The topological polar surface area (TPSA) is 55.0 Å². The number of aromatic nitrogens is 2. The van der Waals surface area contributed by atoms with Crippen LogP contribution in [0.25, 0.3) is 10.2 Å². The van der Waals surface area contributed by atoms with Crippen LogP contribution in [0, 0.1) is 0 Å². The summed E-state index contributed by atoms with van der Waals surface area (Å²) < 4.78 is 0. The predicted octanol–water partition coefficient (Wildman–Crippen LogP) is 2.40. The Kier molecular flexibility index (Phi) is 3.18. The van der Waals surface area contributed by atoms with Crippen LogP contribution in [0.1, 0.15) is 25.7 Å². The van der Waals surface area contributed by atoms with Crippen LogP contribution >= 0.6 is 11.3 Å². The molecule has 18 heavy (non-hydrogen) atoms. The molecule has 96 valence electrons. The van der Waals surface area contributed by atoms with Gasteiger partial charge in [0.05, 0.1) is 5.39 Å². The van der Waals surface area contributed by atoms with Gasteiger partial charge in [0.2, 0.25) is 0 Å². The SMILES string of the molecule is CN(c1ncnc2sccc12)C1CCC(N)CC1. The highest BCUT2D eigenvalue weighted by Gasteiger charge is 2.23. The average Bonchev–Trinajstić information content (AvgIpc) is 2.87. The van der Waals surface area contributed by atoms with E-state index >= 15 is 0 Å². The molecule has 3 rings (SSSR count). The molecule has 1 aliphatic carbocycles. The van der Waals surface area contributed by atoms with Crippen LogP contribution in [-0.2, 0) is 0 Å². The summed E-state index contributed by atoms with van der Waals surface area (Å²) in [5.41, 5.74) is 5.97. The van der Waals surface area contributed by atoms with Gasteiger partial charge in [-0.05, 0) is 37.1 Å². The third-order valence-corrected chi connectivity index (χ3v) is 4.68. The maximum Gasteiger partial charge on any atom is 0.140 e. The molecule has 0 unspecified atom stereocenters. The fourth-order valence-electron chi connectivity index (χ4n) is 2.72. The molecule has 0 spiro atoms. The number of nitrogens with zero attached hydrogens (tertiary/aromatic N) is 3. The van der Waals surface area contributed by atoms with Crippen molar-refractivity contribution in [2.24, 2.45) is 5.73 Å². The van der Waals surface area contributed by atoms with Crippen LogP contribution in [0.5, 0.6) is 0 Å². The molecular weight excluding hydrogens is 244 g/mol. The largest absolute Gasteiger partial charge is 0.356 e. The van der Waals surface area contributed by atoms with E-state index in [1.54, 1.807) is 17.7 Å². The minimum atomic E-state index is 0.390. The zero-order valence-electron chi connectivity index (χ0n) is 10.5. The number of thiophene rings is 1. The van der Waals surface area contributed by atoms with Crippen molar-refractivity contribution >= 4 is 27.4 Å². The van der Waals surface area contributed by atoms with Crippen molar-refractivity contribution in [3.8, 4) is 0 Å². The third-order valence-electron chi connectivity index (χ3n) is 3.86. The van der Waals surface area contributed by atoms with Crippen LogP contribution < -0.4 is 10.6 Å². The Balaban J connectivity index is 1.87. The number of hydrogen-bond donors (Lipinski definition) is 1. The summed E-state index contributed by atoms with van der Waals surface area (Å²) in [6.45, 7) is 0. The Morgan fingerprint density at radius 3 is 2.83 bits per heavy atom. The zero-order valence-corrected chi connectivity index (χ0v) is 11.4. The molecule has 1 fully saturated rings. The Labute approximate surface area is 111 Å². The Hall–Kier alpha value is -1.20. The number of rotatable bonds is 2. The normalized spacial score (nSPS) is 24.3. The third kappa shape index (κ3) is 2.08. The molecule has 0 atom stereocenters. The smallest absolute Gasteiger partial charge is 0.140 e. The summed E-state index contributed by atoms with van der Waals surface area (Å²) in [5.74, 6) is 1.06. The van der Waals surface area contributed by atoms with E-state index in [9.17, 15) is 0 Å². The molecule has 1 aliphatic rings. The highest BCUT2D eigenvalue weighted by Crippen LogP contribution is 2.30. The van der Waals surface area contributed by atoms with Gasteiger partial charge in [-0.3, -0.25) is 0 Å². The van der Waals surface area contributed by atoms with E-state index in [-0.39, 0.29) is 0 Å². The van der Waals surface area contributed by atoms with Gasteiger partial charge in [-0.15, -0.1) is 11.3 Å². The monoisotopic (exact) mass is 262 g/mol. The van der Waals surface area contributed by atoms with E-state index in [4.69, 9.17) is 5.73 Å². The van der Waals surface area contributed by atoms with Crippen molar-refractivity contribution in [3.63, 3.8) is 0 Å². The van der Waals surface area contributed by atoms with E-state index in [1.807, 2.05) is 0 Å². The quantitative estimate of drug-likeness (QED) is 0.903. The molecule has 2 aromatic rings. The number of anilines is 1. The van der Waals surface area contributed by atoms with Crippen molar-refractivity contribution in [2.75, 3.05) is 11.9 Å². The van der Waals surface area contributed by atoms with Crippen molar-refractivity contribution in [1.29, 1.82) is 0 Å². The number of nitrogens with two attached hydrogens (primary N) is 1. The van der Waals surface area contributed by atoms with Crippen molar-refractivity contribution in [1.82, 2.24) is 9.97 Å². The highest BCUT2D eigenvalue weighted by molar-refractivity contribution is 7.16. The molecule has 0 radical (unpaired) electrons. The second-order valence-corrected chi connectivity index (χ2v) is 5.91. The van der Waals surface area contributed by atoms with Gasteiger partial charge in [0.15, 0.2) is 0 Å². The summed E-state index contributed by atoms with van der Waals surface area (Å²) in [5, 5.41) is 3.24. The van der Waals surface area contributed by atoms with Crippen molar-refractivity contribution in [2.45, 2.75) is 37.8 Å². The summed E-state index contributed by atoms with van der Waals surface area (Å²) in [4.78, 5) is 12.1. The zero-order chi connectivity index (χ0) is 12.5. The van der Waals surface area contributed by atoms with Crippen LogP contribution in [0.4, 0.5) is 5.82 Å². The molecule has 2 N–H and O–H groups in total. The predicted molar refractivity (Wildman–Crippen MR) is 76.0 cm³/mol. The van der Waals surface area contributed by atoms with E-state index < -0.39 is 0 Å². The lowest BCUT2D eigenvalue weighted by atomic mass is 9.91. The lowest BCUT2D eigenvalue weighted by Crippen LogP contribution is -2.39. The van der Waals surface area contributed by atoms with Gasteiger partial charge in [-0.25, -0.2) is 9.97 Å². The van der Waals surface area contributed by atoms with Gasteiger partial charge in [-0.1, -0.05) is 0 Å². The van der Waals surface area contributed by atoms with Crippen LogP contribution in [-0.4, -0.2) is 29.1 Å². The van der Waals surface area contributed by atoms with E-state index in [0.717, 1.165) is 36.3 Å². The van der Waals surface area contributed by atoms with Crippen LogP contribution in [0.2, 0.25) is 0 Å². The molecule has 0 aromatic carbocycles. The molecule has 5 heteroatoms. The van der Waals surface area contributed by atoms with Gasteiger partial charge in [0.1, 0.15) is 17.0 Å². The molecule has 2 heterocycles. The second-order valence-electron chi connectivity index (χ2n) is 5.02. The molecule has 0 aliphatic heterocycles. The highest BCUT2D eigenvalue weighted by atomic mass is 32.1. The fraction of sp³-hybridized carbons (Fsp3) is 0.538. The van der Waals surface area contributed by atoms with E-state index in [0.29, 0.717) is 12.1 Å². The molecular formula is C13H18N4S. The summed E-state index contributed by atoms with van der Waals surface area (Å²) >= 11 is 1.67. The van der Waals surface area contributed by atoms with Gasteiger partial charge < -0.3 is 10.6 Å². The van der Waals surface area contributed by atoms with Gasteiger partial charge in [0.25, 0.3) is 0 Å². The Bertz CT molecular complexity index is 531. The number of fused-ring (bicyclic) bond motifs is 1. The Morgan fingerprint density at radius 1 is 1.28 bits per heavy atom.